The molecule has 0 aromatic carbocycles. The fraction of sp³-hybridized carbons (Fsp3) is 0.833. The van der Waals surface area contributed by atoms with Gasteiger partial charge in [-0.1, -0.05) is 27.0 Å². The first kappa shape index (κ1) is 27.6. The molecule has 33 heavy (non-hydrogen) atoms. The molecule has 2 rings (SSSR count). The number of imide groups is 1. The maximum Gasteiger partial charge on any atom is 0.242 e. The highest BCUT2D eigenvalue weighted by Gasteiger charge is 2.40. The van der Waals surface area contributed by atoms with Gasteiger partial charge in [-0.2, -0.15) is 0 Å². The van der Waals surface area contributed by atoms with Crippen molar-refractivity contribution >= 4 is 35.4 Å². The Bertz CT molecular complexity index is 717. The van der Waals surface area contributed by atoms with Crippen molar-refractivity contribution < 1.29 is 24.3 Å². The molecule has 2 atom stereocenters. The van der Waals surface area contributed by atoms with Gasteiger partial charge >= 0.3 is 0 Å². The van der Waals surface area contributed by atoms with Gasteiger partial charge in [0.05, 0.1) is 5.25 Å². The molecule has 1 aliphatic carbocycles. The average Bonchev–Trinajstić information content (AvgIpc) is 3.06. The summed E-state index contributed by atoms with van der Waals surface area (Å²) in [5.74, 6) is 0.165. The molecular formula is C24H40N3O5S-. The predicted octanol–water partition coefficient (Wildman–Crippen LogP) is 1.90. The van der Waals surface area contributed by atoms with Crippen LogP contribution in [0.1, 0.15) is 79.1 Å². The third-order valence-electron chi connectivity index (χ3n) is 7.42. The Morgan fingerprint density at radius 3 is 2.36 bits per heavy atom. The minimum atomic E-state index is -1.10. The van der Waals surface area contributed by atoms with E-state index in [4.69, 9.17) is 0 Å². The van der Waals surface area contributed by atoms with E-state index in [-0.39, 0.29) is 53.8 Å². The molecule has 9 heteroatoms. The Labute approximate surface area is 202 Å². The summed E-state index contributed by atoms with van der Waals surface area (Å²) in [6.07, 6.45) is 4.24. The van der Waals surface area contributed by atoms with E-state index in [0.29, 0.717) is 12.3 Å². The highest BCUT2D eigenvalue weighted by molar-refractivity contribution is 8.00. The van der Waals surface area contributed by atoms with Crippen molar-refractivity contribution in [3.8, 4) is 0 Å². The van der Waals surface area contributed by atoms with Gasteiger partial charge in [-0.3, -0.25) is 24.1 Å². The van der Waals surface area contributed by atoms with Gasteiger partial charge in [0.1, 0.15) is 0 Å². The molecule has 8 nitrogen and oxygen atoms in total. The van der Waals surface area contributed by atoms with Crippen LogP contribution in [-0.2, 0) is 19.2 Å². The standard InChI is InChI=1S/C24H40N3O5S/c1-6-24(4,7-2)25-22(31)18-10-8-17(9-11-18)15-27-21(30)14-19(23(27)32)33-13-12-20(29)26(5)16(3)28/h16-19H,6-15H2,1-5H3,(H,25,31)/q-1/t16-,17?,18?,19?/m1/s1. The SMILES string of the molecule is CCC(C)(CC)NC(=O)C1CCC(CN2C(=O)CC(SCCC(=O)N(C)[C@@H](C)[O-])C2=O)CC1. The summed E-state index contributed by atoms with van der Waals surface area (Å²) >= 11 is 1.32. The Balaban J connectivity index is 1.78. The molecule has 188 valence electrons. The van der Waals surface area contributed by atoms with Gasteiger partial charge in [0.25, 0.3) is 0 Å². The number of hydrogen-bond acceptors (Lipinski definition) is 6. The first-order chi connectivity index (χ1) is 15.5. The lowest BCUT2D eigenvalue weighted by molar-refractivity contribution is -0.443. The molecule has 1 unspecified atom stereocenters. The minimum absolute atomic E-state index is 0.000493. The fourth-order valence-corrected chi connectivity index (χ4v) is 5.44. The summed E-state index contributed by atoms with van der Waals surface area (Å²) in [7, 11) is 1.47. The zero-order chi connectivity index (χ0) is 24.8. The Hall–Kier alpha value is -1.61. The smallest absolute Gasteiger partial charge is 0.242 e. The van der Waals surface area contributed by atoms with E-state index in [2.05, 4.69) is 26.1 Å². The monoisotopic (exact) mass is 482 g/mol. The lowest BCUT2D eigenvalue weighted by Crippen LogP contribution is -2.48. The van der Waals surface area contributed by atoms with Gasteiger partial charge in [-0.15, -0.1) is 11.8 Å². The lowest BCUT2D eigenvalue weighted by Gasteiger charge is -2.34. The van der Waals surface area contributed by atoms with E-state index < -0.39 is 11.5 Å². The van der Waals surface area contributed by atoms with Crippen molar-refractivity contribution in [2.24, 2.45) is 11.8 Å². The number of nitrogens with one attached hydrogen (secondary N) is 1. The van der Waals surface area contributed by atoms with E-state index in [1.54, 1.807) is 0 Å². The molecule has 1 heterocycles. The Morgan fingerprint density at radius 1 is 1.21 bits per heavy atom. The summed E-state index contributed by atoms with van der Waals surface area (Å²) in [6.45, 7) is 8.07. The molecule has 1 aliphatic heterocycles. The fourth-order valence-electron chi connectivity index (χ4n) is 4.33. The van der Waals surface area contributed by atoms with Crippen molar-refractivity contribution in [1.82, 2.24) is 15.1 Å². The largest absolute Gasteiger partial charge is 0.836 e. The summed E-state index contributed by atoms with van der Waals surface area (Å²) in [6, 6.07) is 0. The van der Waals surface area contributed by atoms with Crippen LogP contribution in [-0.4, -0.2) is 69.8 Å². The second kappa shape index (κ2) is 12.2. The summed E-state index contributed by atoms with van der Waals surface area (Å²) in [5, 5.41) is 14.1. The van der Waals surface area contributed by atoms with Crippen molar-refractivity contribution in [3.63, 3.8) is 0 Å². The number of thioether (sulfide) groups is 1. The van der Waals surface area contributed by atoms with Gasteiger partial charge in [0, 0.05) is 43.6 Å². The molecule has 0 bridgehead atoms. The van der Waals surface area contributed by atoms with Crippen molar-refractivity contribution in [3.05, 3.63) is 0 Å². The maximum absolute atomic E-state index is 12.8. The van der Waals surface area contributed by atoms with Crippen LogP contribution < -0.4 is 10.4 Å². The van der Waals surface area contributed by atoms with Crippen LogP contribution in [0.15, 0.2) is 0 Å². The van der Waals surface area contributed by atoms with Crippen molar-refractivity contribution in [2.45, 2.75) is 96.1 Å². The third kappa shape index (κ3) is 7.44. The quantitative estimate of drug-likeness (QED) is 0.356. The average molecular weight is 483 g/mol. The van der Waals surface area contributed by atoms with E-state index in [9.17, 15) is 24.3 Å². The van der Waals surface area contributed by atoms with Crippen LogP contribution in [0.3, 0.4) is 0 Å². The van der Waals surface area contributed by atoms with E-state index in [1.165, 1.54) is 30.6 Å². The number of hydrogen-bond donors (Lipinski definition) is 1. The number of carbonyl (C=O) groups is 4. The number of amides is 4. The van der Waals surface area contributed by atoms with Crippen LogP contribution in [0.5, 0.6) is 0 Å². The number of rotatable bonds is 11. The number of likely N-dealkylation sites (tertiary alicyclic amines) is 1. The van der Waals surface area contributed by atoms with Crippen LogP contribution in [0.25, 0.3) is 0 Å². The van der Waals surface area contributed by atoms with Crippen molar-refractivity contribution in [2.75, 3.05) is 19.3 Å². The highest BCUT2D eigenvalue weighted by Crippen LogP contribution is 2.33. The van der Waals surface area contributed by atoms with Gasteiger partial charge in [-0.05, 0) is 51.4 Å². The molecule has 1 N–H and O–H groups in total. The summed E-state index contributed by atoms with van der Waals surface area (Å²) < 4.78 is 0. The zero-order valence-electron chi connectivity index (χ0n) is 20.7. The summed E-state index contributed by atoms with van der Waals surface area (Å²) in [5.41, 5.74) is -0.164. The lowest BCUT2D eigenvalue weighted by atomic mass is 9.80. The molecule has 2 aliphatic rings. The van der Waals surface area contributed by atoms with E-state index in [1.807, 2.05) is 0 Å². The van der Waals surface area contributed by atoms with E-state index in [0.717, 1.165) is 43.4 Å². The predicted molar refractivity (Wildman–Crippen MR) is 127 cm³/mol. The molecular weight excluding hydrogens is 442 g/mol. The molecule has 1 saturated carbocycles. The number of carbonyl (C=O) groups excluding carboxylic acids is 4. The third-order valence-corrected chi connectivity index (χ3v) is 8.63. The Morgan fingerprint density at radius 2 is 1.82 bits per heavy atom. The van der Waals surface area contributed by atoms with Crippen LogP contribution in [0.2, 0.25) is 0 Å². The molecule has 0 aromatic rings. The molecule has 0 spiro atoms. The Kier molecular flexibility index (Phi) is 10.2. The van der Waals surface area contributed by atoms with Crippen LogP contribution in [0, 0.1) is 11.8 Å². The molecule has 2 fully saturated rings. The van der Waals surface area contributed by atoms with Crippen molar-refractivity contribution in [1.29, 1.82) is 0 Å². The highest BCUT2D eigenvalue weighted by atomic mass is 32.2. The molecule has 0 radical (unpaired) electrons. The topological polar surface area (TPSA) is 110 Å². The second-order valence-corrected chi connectivity index (χ2v) is 11.0. The molecule has 1 saturated heterocycles. The molecule has 4 amide bonds. The first-order valence-electron chi connectivity index (χ1n) is 12.2. The van der Waals surface area contributed by atoms with Crippen LogP contribution in [0.4, 0.5) is 0 Å². The maximum atomic E-state index is 12.8. The normalized spacial score (nSPS) is 24.7. The minimum Gasteiger partial charge on any atom is -0.836 e. The van der Waals surface area contributed by atoms with Gasteiger partial charge < -0.3 is 15.3 Å². The first-order valence-corrected chi connectivity index (χ1v) is 13.3. The molecule has 0 aromatic heterocycles. The zero-order valence-corrected chi connectivity index (χ0v) is 21.5. The van der Waals surface area contributed by atoms with Gasteiger partial charge in [-0.25, -0.2) is 0 Å². The van der Waals surface area contributed by atoms with Gasteiger partial charge in [0.15, 0.2) is 0 Å². The second-order valence-electron chi connectivity index (χ2n) is 9.73. The van der Waals surface area contributed by atoms with Gasteiger partial charge in [0.2, 0.25) is 23.6 Å². The van der Waals surface area contributed by atoms with E-state index >= 15 is 0 Å². The summed E-state index contributed by atoms with van der Waals surface area (Å²) in [4.78, 5) is 52.4. The number of nitrogens with zero attached hydrogens (tertiary/aromatic N) is 2. The van der Waals surface area contributed by atoms with Crippen LogP contribution >= 0.6 is 11.8 Å².